The fourth-order valence-corrected chi connectivity index (χ4v) is 2.95. The highest BCUT2D eigenvalue weighted by atomic mass is 16.3. The van der Waals surface area contributed by atoms with Gasteiger partial charge in [0.1, 0.15) is 0 Å². The zero-order chi connectivity index (χ0) is 14.8. The van der Waals surface area contributed by atoms with Crippen molar-refractivity contribution in [1.82, 2.24) is 4.90 Å². The minimum absolute atomic E-state index is 0.143. The Hall–Kier alpha value is -1.68. The summed E-state index contributed by atoms with van der Waals surface area (Å²) >= 11 is 0. The van der Waals surface area contributed by atoms with Crippen LogP contribution >= 0.6 is 0 Å². The molecule has 108 valence electrons. The van der Waals surface area contributed by atoms with E-state index in [4.69, 9.17) is 0 Å². The summed E-state index contributed by atoms with van der Waals surface area (Å²) in [6.07, 6.45) is 1.55. The lowest BCUT2D eigenvalue weighted by molar-refractivity contribution is -0.145. The molecule has 1 N–H and O–H groups in total. The van der Waals surface area contributed by atoms with Gasteiger partial charge in [-0.1, -0.05) is 44.2 Å². The molecule has 0 saturated carbocycles. The Labute approximate surface area is 119 Å². The van der Waals surface area contributed by atoms with Crippen LogP contribution in [0.2, 0.25) is 0 Å². The van der Waals surface area contributed by atoms with Crippen molar-refractivity contribution in [3.63, 3.8) is 0 Å². The van der Waals surface area contributed by atoms with E-state index in [0.717, 1.165) is 5.56 Å². The first-order valence-electron chi connectivity index (χ1n) is 7.12. The molecule has 1 aliphatic rings. The smallest absolute Gasteiger partial charge is 0.236 e. The number of likely N-dealkylation sites (tertiary alicyclic amines) is 1. The van der Waals surface area contributed by atoms with E-state index >= 15 is 0 Å². The highest BCUT2D eigenvalue weighted by Gasteiger charge is 2.51. The predicted octanol–water partition coefficient (Wildman–Crippen LogP) is 2.29. The number of carbonyl (C=O) groups is 2. The molecule has 20 heavy (non-hydrogen) atoms. The molecule has 2 amide bonds. The van der Waals surface area contributed by atoms with Gasteiger partial charge < -0.3 is 5.11 Å². The molecular weight excluding hydrogens is 254 g/mol. The molecule has 1 aromatic carbocycles. The summed E-state index contributed by atoms with van der Waals surface area (Å²) in [5.41, 5.74) is 0.207. The summed E-state index contributed by atoms with van der Waals surface area (Å²) in [5.74, 6) is -0.322. The van der Waals surface area contributed by atoms with E-state index in [0.29, 0.717) is 12.8 Å². The second kappa shape index (κ2) is 5.75. The number of aliphatic hydroxyl groups excluding tert-OH is 1. The van der Waals surface area contributed by atoms with Crippen molar-refractivity contribution in [2.75, 3.05) is 6.61 Å². The topological polar surface area (TPSA) is 57.6 Å². The lowest BCUT2D eigenvalue weighted by Gasteiger charge is -2.28. The summed E-state index contributed by atoms with van der Waals surface area (Å²) in [4.78, 5) is 26.2. The van der Waals surface area contributed by atoms with Gasteiger partial charge in [0.05, 0.1) is 18.1 Å². The second-order valence-electron chi connectivity index (χ2n) is 5.34. The first-order valence-corrected chi connectivity index (χ1v) is 7.12. The highest BCUT2D eigenvalue weighted by molar-refractivity contribution is 6.06. The lowest BCUT2D eigenvalue weighted by atomic mass is 9.81. The first-order chi connectivity index (χ1) is 9.59. The maximum atomic E-state index is 12.7. The maximum Gasteiger partial charge on any atom is 0.236 e. The van der Waals surface area contributed by atoms with Crippen molar-refractivity contribution in [2.45, 2.75) is 39.2 Å². The zero-order valence-electron chi connectivity index (χ0n) is 12.0. The average molecular weight is 275 g/mol. The average Bonchev–Trinajstić information content (AvgIpc) is 2.74. The van der Waals surface area contributed by atoms with E-state index < -0.39 is 11.5 Å². The SMILES string of the molecule is CCC1(CC)CC(=O)N(C(CO)c2ccccc2)C1=O. The Bertz CT molecular complexity index is 494. The number of aliphatic hydroxyl groups is 1. The monoisotopic (exact) mass is 275 g/mol. The fourth-order valence-electron chi connectivity index (χ4n) is 2.95. The molecule has 1 fully saturated rings. The Kier molecular flexibility index (Phi) is 4.23. The van der Waals surface area contributed by atoms with Crippen molar-refractivity contribution < 1.29 is 14.7 Å². The number of amides is 2. The Morgan fingerprint density at radius 3 is 2.25 bits per heavy atom. The van der Waals surface area contributed by atoms with Gasteiger partial charge in [0.15, 0.2) is 0 Å². The lowest BCUT2D eigenvalue weighted by Crippen LogP contribution is -2.39. The molecule has 1 aliphatic heterocycles. The van der Waals surface area contributed by atoms with Gasteiger partial charge in [0, 0.05) is 6.42 Å². The molecule has 4 nitrogen and oxygen atoms in total. The number of benzene rings is 1. The van der Waals surface area contributed by atoms with Gasteiger partial charge in [-0.3, -0.25) is 14.5 Å². The normalized spacial score (nSPS) is 19.4. The van der Waals surface area contributed by atoms with Crippen molar-refractivity contribution in [2.24, 2.45) is 5.41 Å². The third-order valence-corrected chi connectivity index (χ3v) is 4.45. The minimum Gasteiger partial charge on any atom is -0.394 e. The number of nitrogens with zero attached hydrogens (tertiary/aromatic N) is 1. The largest absolute Gasteiger partial charge is 0.394 e. The van der Waals surface area contributed by atoms with Crippen LogP contribution in [0.3, 0.4) is 0 Å². The van der Waals surface area contributed by atoms with Crippen LogP contribution in [-0.4, -0.2) is 28.4 Å². The van der Waals surface area contributed by atoms with E-state index in [1.165, 1.54) is 4.90 Å². The zero-order valence-corrected chi connectivity index (χ0v) is 12.0. The van der Waals surface area contributed by atoms with Crippen LogP contribution in [0.1, 0.15) is 44.7 Å². The van der Waals surface area contributed by atoms with Crippen LogP contribution in [0, 0.1) is 5.41 Å². The summed E-state index contributed by atoms with van der Waals surface area (Å²) < 4.78 is 0. The minimum atomic E-state index is -0.584. The molecule has 2 rings (SSSR count). The van der Waals surface area contributed by atoms with Gasteiger partial charge in [0.2, 0.25) is 11.8 Å². The van der Waals surface area contributed by atoms with E-state index in [2.05, 4.69) is 0 Å². The Morgan fingerprint density at radius 1 is 1.20 bits per heavy atom. The summed E-state index contributed by atoms with van der Waals surface area (Å²) in [6, 6.07) is 8.65. The van der Waals surface area contributed by atoms with Gasteiger partial charge in [-0.15, -0.1) is 0 Å². The third-order valence-electron chi connectivity index (χ3n) is 4.45. The van der Waals surface area contributed by atoms with Crippen LogP contribution in [0.25, 0.3) is 0 Å². The van der Waals surface area contributed by atoms with Crippen LogP contribution in [0.4, 0.5) is 0 Å². The van der Waals surface area contributed by atoms with Crippen LogP contribution in [0.15, 0.2) is 30.3 Å². The van der Waals surface area contributed by atoms with E-state index in [1.54, 1.807) is 0 Å². The second-order valence-corrected chi connectivity index (χ2v) is 5.34. The first kappa shape index (κ1) is 14.7. The van der Waals surface area contributed by atoms with E-state index in [9.17, 15) is 14.7 Å². The molecule has 1 heterocycles. The number of hydrogen-bond acceptors (Lipinski definition) is 3. The molecule has 0 aliphatic carbocycles. The van der Waals surface area contributed by atoms with Crippen LogP contribution < -0.4 is 0 Å². The molecule has 0 radical (unpaired) electrons. The van der Waals surface area contributed by atoms with Gasteiger partial charge >= 0.3 is 0 Å². The van der Waals surface area contributed by atoms with Gasteiger partial charge in [-0.2, -0.15) is 0 Å². The van der Waals surface area contributed by atoms with E-state index in [1.807, 2.05) is 44.2 Å². The van der Waals surface area contributed by atoms with Crippen molar-refractivity contribution in [3.8, 4) is 0 Å². The Morgan fingerprint density at radius 2 is 1.80 bits per heavy atom. The van der Waals surface area contributed by atoms with Gasteiger partial charge in [-0.05, 0) is 18.4 Å². The number of carbonyl (C=O) groups excluding carboxylic acids is 2. The molecule has 0 aromatic heterocycles. The predicted molar refractivity (Wildman–Crippen MR) is 75.8 cm³/mol. The summed E-state index contributed by atoms with van der Waals surface area (Å²) in [7, 11) is 0. The summed E-state index contributed by atoms with van der Waals surface area (Å²) in [5, 5.41) is 9.64. The van der Waals surface area contributed by atoms with Crippen molar-refractivity contribution in [3.05, 3.63) is 35.9 Å². The molecule has 0 bridgehead atoms. The molecule has 1 unspecified atom stereocenters. The number of rotatable bonds is 5. The van der Waals surface area contributed by atoms with Crippen LogP contribution in [0.5, 0.6) is 0 Å². The molecule has 1 atom stereocenters. The molecule has 0 spiro atoms. The van der Waals surface area contributed by atoms with Gasteiger partial charge in [0.25, 0.3) is 0 Å². The number of imide groups is 1. The molecular formula is C16H21NO3. The van der Waals surface area contributed by atoms with Crippen molar-refractivity contribution >= 4 is 11.8 Å². The summed E-state index contributed by atoms with van der Waals surface area (Å²) in [6.45, 7) is 3.63. The maximum absolute atomic E-state index is 12.7. The fraction of sp³-hybridized carbons (Fsp3) is 0.500. The van der Waals surface area contributed by atoms with E-state index in [-0.39, 0.29) is 24.8 Å². The third kappa shape index (κ3) is 2.24. The molecule has 1 aromatic rings. The molecule has 1 saturated heterocycles. The molecule has 4 heteroatoms. The van der Waals surface area contributed by atoms with Crippen LogP contribution in [-0.2, 0) is 9.59 Å². The van der Waals surface area contributed by atoms with Crippen molar-refractivity contribution in [1.29, 1.82) is 0 Å². The highest BCUT2D eigenvalue weighted by Crippen LogP contribution is 2.42. The number of hydrogen-bond donors (Lipinski definition) is 1. The standard InChI is InChI=1S/C16H21NO3/c1-3-16(4-2)10-14(19)17(15(16)20)13(11-18)12-8-6-5-7-9-12/h5-9,13,18H,3-4,10-11H2,1-2H3. The van der Waals surface area contributed by atoms with Gasteiger partial charge in [-0.25, -0.2) is 0 Å². The quantitative estimate of drug-likeness (QED) is 0.839. The Balaban J connectivity index is 2.36.